The summed E-state index contributed by atoms with van der Waals surface area (Å²) in [7, 11) is 0. The number of nitrogens with zero attached hydrogens (tertiary/aromatic N) is 2. The Bertz CT molecular complexity index is 433. The first-order valence-electron chi connectivity index (χ1n) is 5.25. The van der Waals surface area contributed by atoms with Crippen molar-refractivity contribution in [2.75, 3.05) is 18.4 Å². The van der Waals surface area contributed by atoms with E-state index in [2.05, 4.69) is 26.1 Å². The van der Waals surface area contributed by atoms with Gasteiger partial charge in [-0.05, 0) is 6.92 Å². The van der Waals surface area contributed by atoms with Crippen LogP contribution in [0.5, 0.6) is 0 Å². The second-order valence-electron chi connectivity index (χ2n) is 3.84. The van der Waals surface area contributed by atoms with Crippen LogP contribution in [0.3, 0.4) is 0 Å². The fourth-order valence-corrected chi connectivity index (χ4v) is 2.12. The third-order valence-corrected chi connectivity index (χ3v) is 3.11. The molecule has 0 aromatic carbocycles. The number of carbonyl (C=O) groups is 2. The molecule has 1 aliphatic heterocycles. The average Bonchev–Trinajstić information content (AvgIpc) is 2.85. The van der Waals surface area contributed by atoms with Crippen LogP contribution in [0.1, 0.15) is 11.4 Å². The molecule has 17 heavy (non-hydrogen) atoms. The highest BCUT2D eigenvalue weighted by Gasteiger charge is 2.21. The molecule has 3 N–H and O–H groups in total. The zero-order valence-corrected chi connectivity index (χ0v) is 10.1. The van der Waals surface area contributed by atoms with Gasteiger partial charge < -0.3 is 10.6 Å². The summed E-state index contributed by atoms with van der Waals surface area (Å²) in [6.07, 6.45) is 0.470. The number of urea groups is 1. The van der Waals surface area contributed by atoms with Gasteiger partial charge in [-0.1, -0.05) is 11.3 Å². The van der Waals surface area contributed by atoms with E-state index in [0.29, 0.717) is 24.6 Å². The smallest absolute Gasteiger partial charge is 0.321 e. The second-order valence-corrected chi connectivity index (χ2v) is 5.02. The number of hydrogen-bond acceptors (Lipinski definition) is 5. The predicted octanol–water partition coefficient (Wildman–Crippen LogP) is 0.104. The van der Waals surface area contributed by atoms with Crippen molar-refractivity contribution in [3.63, 3.8) is 0 Å². The molecule has 92 valence electrons. The van der Waals surface area contributed by atoms with Gasteiger partial charge in [0.25, 0.3) is 0 Å². The summed E-state index contributed by atoms with van der Waals surface area (Å²) in [5, 5.41) is 16.8. The van der Waals surface area contributed by atoms with Crippen molar-refractivity contribution in [1.29, 1.82) is 0 Å². The van der Waals surface area contributed by atoms with Gasteiger partial charge in [-0.3, -0.25) is 10.1 Å². The number of rotatable bonds is 3. The van der Waals surface area contributed by atoms with Crippen molar-refractivity contribution in [1.82, 2.24) is 20.8 Å². The summed E-state index contributed by atoms with van der Waals surface area (Å²) in [6, 6.07) is -0.319. The van der Waals surface area contributed by atoms with Crippen LogP contribution in [-0.2, 0) is 4.79 Å². The van der Waals surface area contributed by atoms with Crippen LogP contribution in [0, 0.1) is 12.8 Å². The molecule has 0 bridgehead atoms. The maximum Gasteiger partial charge on any atom is 0.321 e. The van der Waals surface area contributed by atoms with Crippen LogP contribution < -0.4 is 16.0 Å². The number of aryl methyl sites for hydroxylation is 1. The minimum Gasteiger partial charge on any atom is -0.356 e. The number of nitrogens with one attached hydrogen (secondary N) is 3. The lowest BCUT2D eigenvalue weighted by molar-refractivity contribution is -0.119. The Hall–Kier alpha value is -1.70. The van der Waals surface area contributed by atoms with Crippen LogP contribution in [0.25, 0.3) is 0 Å². The third kappa shape index (κ3) is 3.38. The molecule has 1 atom stereocenters. The maximum absolute atomic E-state index is 11.5. The molecule has 1 unspecified atom stereocenters. The van der Waals surface area contributed by atoms with E-state index in [-0.39, 0.29) is 17.9 Å². The molecular formula is C9H13N5O2S. The lowest BCUT2D eigenvalue weighted by Crippen LogP contribution is -2.33. The average molecular weight is 255 g/mol. The Morgan fingerprint density at radius 1 is 1.59 bits per heavy atom. The van der Waals surface area contributed by atoms with E-state index in [0.717, 1.165) is 5.01 Å². The molecule has 1 aliphatic rings. The van der Waals surface area contributed by atoms with Crippen LogP contribution >= 0.6 is 11.3 Å². The Labute approximate surface area is 102 Å². The summed E-state index contributed by atoms with van der Waals surface area (Å²) < 4.78 is 0. The van der Waals surface area contributed by atoms with Gasteiger partial charge in [-0.25, -0.2) is 4.79 Å². The Kier molecular flexibility index (Phi) is 3.52. The predicted molar refractivity (Wildman–Crippen MR) is 62.8 cm³/mol. The van der Waals surface area contributed by atoms with E-state index >= 15 is 0 Å². The van der Waals surface area contributed by atoms with Crippen LogP contribution in [0.2, 0.25) is 0 Å². The molecule has 2 rings (SSSR count). The number of aromatic nitrogens is 2. The lowest BCUT2D eigenvalue weighted by atomic mass is 10.1. The van der Waals surface area contributed by atoms with Crippen molar-refractivity contribution in [3.05, 3.63) is 5.01 Å². The third-order valence-electron chi connectivity index (χ3n) is 2.36. The molecular weight excluding hydrogens is 242 g/mol. The van der Waals surface area contributed by atoms with Crippen molar-refractivity contribution in [2.24, 2.45) is 5.92 Å². The van der Waals surface area contributed by atoms with Crippen molar-refractivity contribution in [2.45, 2.75) is 13.3 Å². The highest BCUT2D eigenvalue weighted by atomic mass is 32.1. The van der Waals surface area contributed by atoms with Gasteiger partial charge in [0.05, 0.1) is 0 Å². The van der Waals surface area contributed by atoms with Crippen molar-refractivity contribution < 1.29 is 9.59 Å². The van der Waals surface area contributed by atoms with Gasteiger partial charge in [-0.15, -0.1) is 10.2 Å². The minimum absolute atomic E-state index is 0.0388. The van der Waals surface area contributed by atoms with Gasteiger partial charge in [0, 0.05) is 25.4 Å². The first-order chi connectivity index (χ1) is 8.13. The molecule has 1 fully saturated rings. The molecule has 0 aliphatic carbocycles. The van der Waals surface area contributed by atoms with Gasteiger partial charge in [0.15, 0.2) is 0 Å². The van der Waals surface area contributed by atoms with E-state index in [1.165, 1.54) is 11.3 Å². The summed E-state index contributed by atoms with van der Waals surface area (Å²) in [6.45, 7) is 2.91. The van der Waals surface area contributed by atoms with Crippen molar-refractivity contribution in [3.8, 4) is 0 Å². The minimum atomic E-state index is -0.319. The largest absolute Gasteiger partial charge is 0.356 e. The SMILES string of the molecule is Cc1nnc(NC(=O)NCC2CNC(=O)C2)s1. The zero-order chi connectivity index (χ0) is 12.3. The monoisotopic (exact) mass is 255 g/mol. The quantitative estimate of drug-likeness (QED) is 0.714. The molecule has 2 heterocycles. The van der Waals surface area contributed by atoms with Crippen LogP contribution in [-0.4, -0.2) is 35.2 Å². The highest BCUT2D eigenvalue weighted by molar-refractivity contribution is 7.15. The number of anilines is 1. The van der Waals surface area contributed by atoms with E-state index in [1.807, 2.05) is 6.92 Å². The molecule has 0 spiro atoms. The molecule has 7 nitrogen and oxygen atoms in total. The van der Waals surface area contributed by atoms with Gasteiger partial charge in [0.1, 0.15) is 5.01 Å². The van der Waals surface area contributed by atoms with E-state index in [1.54, 1.807) is 0 Å². The molecule has 0 radical (unpaired) electrons. The maximum atomic E-state index is 11.5. The molecule has 1 aromatic rings. The highest BCUT2D eigenvalue weighted by Crippen LogP contribution is 2.13. The molecule has 8 heteroatoms. The zero-order valence-electron chi connectivity index (χ0n) is 9.32. The number of carbonyl (C=O) groups excluding carboxylic acids is 2. The van der Waals surface area contributed by atoms with E-state index in [9.17, 15) is 9.59 Å². The van der Waals surface area contributed by atoms with Crippen LogP contribution in [0.4, 0.5) is 9.93 Å². The Balaban J connectivity index is 1.72. The first-order valence-corrected chi connectivity index (χ1v) is 6.07. The van der Waals surface area contributed by atoms with E-state index < -0.39 is 0 Å². The number of hydrogen-bond donors (Lipinski definition) is 3. The van der Waals surface area contributed by atoms with Gasteiger partial charge >= 0.3 is 6.03 Å². The Morgan fingerprint density at radius 3 is 3.00 bits per heavy atom. The summed E-state index contributed by atoms with van der Waals surface area (Å²) >= 11 is 1.31. The fourth-order valence-electron chi connectivity index (χ4n) is 1.53. The molecule has 3 amide bonds. The summed E-state index contributed by atoms with van der Waals surface area (Å²) in [4.78, 5) is 22.4. The summed E-state index contributed by atoms with van der Waals surface area (Å²) in [5.74, 6) is 0.210. The summed E-state index contributed by atoms with van der Waals surface area (Å²) in [5.41, 5.74) is 0. The number of amides is 3. The van der Waals surface area contributed by atoms with Gasteiger partial charge in [-0.2, -0.15) is 0 Å². The Morgan fingerprint density at radius 2 is 2.41 bits per heavy atom. The lowest BCUT2D eigenvalue weighted by Gasteiger charge is -2.08. The van der Waals surface area contributed by atoms with Crippen molar-refractivity contribution >= 4 is 28.4 Å². The van der Waals surface area contributed by atoms with Gasteiger partial charge in [0.2, 0.25) is 11.0 Å². The van der Waals surface area contributed by atoms with E-state index in [4.69, 9.17) is 0 Å². The first kappa shape index (κ1) is 11.8. The molecule has 0 saturated carbocycles. The second kappa shape index (κ2) is 5.09. The molecule has 1 aromatic heterocycles. The standard InChI is InChI=1S/C9H13N5O2S/c1-5-13-14-9(17-5)12-8(16)11-4-6-2-7(15)10-3-6/h6H,2-4H2,1H3,(H,10,15)(H2,11,12,14,16). The van der Waals surface area contributed by atoms with Crippen LogP contribution in [0.15, 0.2) is 0 Å². The molecule has 1 saturated heterocycles. The fraction of sp³-hybridized carbons (Fsp3) is 0.556. The normalized spacial score (nSPS) is 18.9. The topological polar surface area (TPSA) is 96.0 Å².